The van der Waals surface area contributed by atoms with Crippen molar-refractivity contribution in [1.29, 1.82) is 0 Å². The molecule has 2 fully saturated rings. The highest BCUT2D eigenvalue weighted by Gasteiger charge is 2.70. The van der Waals surface area contributed by atoms with Gasteiger partial charge in [-0.05, 0) is 55.9 Å². The van der Waals surface area contributed by atoms with Gasteiger partial charge in [0.1, 0.15) is 11.9 Å². The second kappa shape index (κ2) is 8.41. The first kappa shape index (κ1) is 22.3. The minimum atomic E-state index is -3.63. The Balaban J connectivity index is 1.77. The van der Waals surface area contributed by atoms with E-state index >= 15 is 8.78 Å². The molecule has 0 bridgehead atoms. The molecule has 1 aromatic carbocycles. The summed E-state index contributed by atoms with van der Waals surface area (Å²) in [6.07, 6.45) is -9.70. The molecule has 2 aliphatic carbocycles. The Morgan fingerprint density at radius 1 is 1.03 bits per heavy atom. The number of methoxy groups -OCH3 is 1. The van der Waals surface area contributed by atoms with Crippen LogP contribution in [0, 0.1) is 5.92 Å². The molecular weight excluding hydrogens is 415 g/mol. The van der Waals surface area contributed by atoms with E-state index in [0.29, 0.717) is 17.7 Å². The zero-order valence-corrected chi connectivity index (χ0v) is 16.7. The molecule has 5 atom stereocenters. The van der Waals surface area contributed by atoms with Crippen LogP contribution in [0.4, 0.5) is 22.0 Å². The van der Waals surface area contributed by atoms with Crippen LogP contribution >= 0.6 is 12.6 Å². The average molecular weight is 438 g/mol. The fourth-order valence-electron chi connectivity index (χ4n) is 4.28. The molecule has 2 saturated carbocycles. The molecule has 0 amide bonds. The summed E-state index contributed by atoms with van der Waals surface area (Å²) in [6, 6.07) is 5.41. The summed E-state index contributed by atoms with van der Waals surface area (Å²) in [5, 5.41) is 0. The highest BCUT2D eigenvalue weighted by atomic mass is 32.1. The van der Waals surface area contributed by atoms with Gasteiger partial charge in [-0.1, -0.05) is 0 Å². The second-order valence-corrected chi connectivity index (χ2v) is 8.27. The van der Waals surface area contributed by atoms with Crippen molar-refractivity contribution in [3.8, 4) is 5.75 Å². The monoisotopic (exact) mass is 438 g/mol. The van der Waals surface area contributed by atoms with Crippen LogP contribution in [-0.4, -0.2) is 49.0 Å². The number of hydrogen-bond donors (Lipinski definition) is 1. The van der Waals surface area contributed by atoms with Crippen LogP contribution in [0.3, 0.4) is 0 Å². The van der Waals surface area contributed by atoms with E-state index in [0.717, 1.165) is 0 Å². The highest BCUT2D eigenvalue weighted by molar-refractivity contribution is 7.80. The Kier molecular flexibility index (Phi) is 6.48. The van der Waals surface area contributed by atoms with Crippen LogP contribution in [0.15, 0.2) is 29.2 Å². The topological polar surface area (TPSA) is 35.5 Å². The molecular formula is C20H23F5O3S. The molecule has 1 aromatic rings. The van der Waals surface area contributed by atoms with Crippen LogP contribution in [0.25, 0.3) is 0 Å². The molecule has 3 rings (SSSR count). The van der Waals surface area contributed by atoms with E-state index in [1.165, 1.54) is 31.4 Å². The Hall–Kier alpha value is -1.35. The maximum absolute atomic E-state index is 15.4. The van der Waals surface area contributed by atoms with E-state index in [2.05, 4.69) is 12.6 Å². The lowest BCUT2D eigenvalue weighted by Gasteiger charge is -2.48. The number of carbonyl (C=O) groups is 1. The van der Waals surface area contributed by atoms with Crippen molar-refractivity contribution < 1.29 is 36.2 Å². The fourth-order valence-corrected chi connectivity index (χ4v) is 4.43. The van der Waals surface area contributed by atoms with E-state index in [1.807, 2.05) is 0 Å². The minimum Gasteiger partial charge on any atom is -0.424 e. The van der Waals surface area contributed by atoms with E-state index < -0.39 is 48.2 Å². The maximum Gasteiger partial charge on any atom is 0.352 e. The van der Waals surface area contributed by atoms with Crippen molar-refractivity contribution in [2.24, 2.45) is 5.92 Å². The summed E-state index contributed by atoms with van der Waals surface area (Å²) in [5.41, 5.74) is -6.83. The van der Waals surface area contributed by atoms with Gasteiger partial charge in [-0.3, -0.25) is 0 Å². The van der Waals surface area contributed by atoms with Crippen LogP contribution < -0.4 is 4.74 Å². The zero-order chi connectivity index (χ0) is 21.4. The van der Waals surface area contributed by atoms with Crippen molar-refractivity contribution in [3.63, 3.8) is 0 Å². The predicted molar refractivity (Wildman–Crippen MR) is 99.1 cm³/mol. The molecule has 0 aliphatic heterocycles. The molecule has 2 aliphatic rings. The van der Waals surface area contributed by atoms with E-state index in [-0.39, 0.29) is 24.7 Å². The molecule has 29 heavy (non-hydrogen) atoms. The number of esters is 1. The zero-order valence-electron chi connectivity index (χ0n) is 15.8. The number of benzene rings is 1. The number of alkyl halides is 5. The Morgan fingerprint density at radius 3 is 2.17 bits per heavy atom. The molecule has 0 heterocycles. The molecule has 5 unspecified atom stereocenters. The largest absolute Gasteiger partial charge is 0.424 e. The summed E-state index contributed by atoms with van der Waals surface area (Å²) in [6.45, 7) is 0. The molecule has 0 spiro atoms. The quantitative estimate of drug-likeness (QED) is 0.314. The first-order chi connectivity index (χ1) is 13.6. The van der Waals surface area contributed by atoms with Crippen molar-refractivity contribution in [2.45, 2.75) is 73.0 Å². The molecule has 0 N–H and O–H groups in total. The summed E-state index contributed by atoms with van der Waals surface area (Å²) < 4.78 is 84.8. The number of ether oxygens (including phenoxy) is 2. The first-order valence-corrected chi connectivity index (χ1v) is 9.91. The SMILES string of the molecule is COC1CCC(C2(F)C(F)CC(F)(C(=O)Oc3ccc(S)cc3)C(F)C2F)CC1. The smallest absolute Gasteiger partial charge is 0.352 e. The molecule has 0 saturated heterocycles. The summed E-state index contributed by atoms with van der Waals surface area (Å²) in [4.78, 5) is 12.7. The fraction of sp³-hybridized carbons (Fsp3) is 0.650. The Bertz CT molecular complexity index is 727. The van der Waals surface area contributed by atoms with Gasteiger partial charge in [0.15, 0.2) is 18.0 Å². The van der Waals surface area contributed by atoms with Gasteiger partial charge in [0.25, 0.3) is 0 Å². The lowest BCUT2D eigenvalue weighted by molar-refractivity contribution is -0.195. The minimum absolute atomic E-state index is 0.0857. The third kappa shape index (κ3) is 4.00. The van der Waals surface area contributed by atoms with Crippen LogP contribution in [0.5, 0.6) is 5.75 Å². The molecule has 162 valence electrons. The number of carbonyl (C=O) groups excluding carboxylic acids is 1. The average Bonchev–Trinajstić information content (AvgIpc) is 2.72. The lowest BCUT2D eigenvalue weighted by atomic mass is 9.65. The van der Waals surface area contributed by atoms with Crippen LogP contribution in [0.1, 0.15) is 32.1 Å². The third-order valence-corrected chi connectivity index (χ3v) is 6.39. The lowest BCUT2D eigenvalue weighted by Crippen LogP contribution is -2.67. The molecule has 9 heteroatoms. The van der Waals surface area contributed by atoms with Gasteiger partial charge in [-0.2, -0.15) is 0 Å². The van der Waals surface area contributed by atoms with E-state index in [1.54, 1.807) is 0 Å². The highest BCUT2D eigenvalue weighted by Crippen LogP contribution is 2.52. The van der Waals surface area contributed by atoms with Crippen LogP contribution in [0.2, 0.25) is 0 Å². The van der Waals surface area contributed by atoms with Gasteiger partial charge in [-0.25, -0.2) is 26.7 Å². The number of halogens is 5. The van der Waals surface area contributed by atoms with Gasteiger partial charge in [0.05, 0.1) is 6.10 Å². The van der Waals surface area contributed by atoms with Gasteiger partial charge >= 0.3 is 5.97 Å². The number of rotatable bonds is 4. The van der Waals surface area contributed by atoms with Gasteiger partial charge in [-0.15, -0.1) is 12.6 Å². The van der Waals surface area contributed by atoms with Crippen molar-refractivity contribution >= 4 is 18.6 Å². The van der Waals surface area contributed by atoms with Gasteiger partial charge < -0.3 is 9.47 Å². The van der Waals surface area contributed by atoms with Crippen molar-refractivity contribution in [2.75, 3.05) is 7.11 Å². The third-order valence-electron chi connectivity index (χ3n) is 6.09. The second-order valence-electron chi connectivity index (χ2n) is 7.76. The van der Waals surface area contributed by atoms with Crippen molar-refractivity contribution in [3.05, 3.63) is 24.3 Å². The first-order valence-electron chi connectivity index (χ1n) is 9.47. The molecule has 3 nitrogen and oxygen atoms in total. The van der Waals surface area contributed by atoms with Crippen LogP contribution in [-0.2, 0) is 9.53 Å². The Labute approximate surface area is 171 Å². The standard InChI is InChI=1S/C20H23F5O3S/c1-27-12-4-2-11(3-5-12)20(25)15(21)10-19(24,16(22)17(20)23)18(26)28-13-6-8-14(29)9-7-13/h6-9,11-12,15-17,29H,2-5,10H2,1H3. The van der Waals surface area contributed by atoms with Gasteiger partial charge in [0.2, 0.25) is 5.67 Å². The molecule has 0 radical (unpaired) electrons. The normalized spacial score (nSPS) is 40.4. The predicted octanol–water partition coefficient (Wildman–Crippen LogP) is 4.92. The summed E-state index contributed by atoms with van der Waals surface area (Å²) >= 11 is 4.04. The summed E-state index contributed by atoms with van der Waals surface area (Å²) in [5.74, 6) is -3.05. The van der Waals surface area contributed by atoms with E-state index in [9.17, 15) is 18.0 Å². The van der Waals surface area contributed by atoms with Gasteiger partial charge in [0, 0.05) is 18.4 Å². The van der Waals surface area contributed by atoms with E-state index in [4.69, 9.17) is 9.47 Å². The van der Waals surface area contributed by atoms with Crippen molar-refractivity contribution in [1.82, 2.24) is 0 Å². The molecule has 0 aromatic heterocycles. The maximum atomic E-state index is 15.4. The Morgan fingerprint density at radius 2 is 1.62 bits per heavy atom. The summed E-state index contributed by atoms with van der Waals surface area (Å²) in [7, 11) is 1.48. The number of thiol groups is 1. The number of hydrogen-bond acceptors (Lipinski definition) is 4.